The molecule has 0 aliphatic carbocycles. The highest BCUT2D eigenvalue weighted by Gasteiger charge is 2.04. The van der Waals surface area contributed by atoms with Gasteiger partial charge in [0.2, 0.25) is 0 Å². The SMILES string of the molecule is NC(=NN=Cc1c(O)ccc2ccccc12)c1ccccn1. The van der Waals surface area contributed by atoms with Crippen molar-refractivity contribution in [3.05, 3.63) is 72.1 Å². The molecule has 0 atom stereocenters. The number of aromatic hydroxyl groups is 1. The van der Waals surface area contributed by atoms with Crippen LogP contribution in [0.4, 0.5) is 0 Å². The summed E-state index contributed by atoms with van der Waals surface area (Å²) in [5.74, 6) is 0.366. The van der Waals surface area contributed by atoms with E-state index in [9.17, 15) is 5.11 Å². The Morgan fingerprint density at radius 3 is 2.68 bits per heavy atom. The molecule has 108 valence electrons. The molecule has 2 aromatic carbocycles. The highest BCUT2D eigenvalue weighted by Crippen LogP contribution is 2.25. The Balaban J connectivity index is 1.95. The van der Waals surface area contributed by atoms with Crippen molar-refractivity contribution in [2.45, 2.75) is 0 Å². The van der Waals surface area contributed by atoms with E-state index < -0.39 is 0 Å². The molecule has 0 saturated heterocycles. The quantitative estimate of drug-likeness (QED) is 0.442. The molecule has 0 aliphatic rings. The standard InChI is InChI=1S/C17H14N4O/c18-17(15-7-3-4-10-19-15)21-20-11-14-13-6-2-1-5-12(13)8-9-16(14)22/h1-11,22H,(H2,18,21). The molecule has 0 radical (unpaired) electrons. The van der Waals surface area contributed by atoms with Gasteiger partial charge in [0.25, 0.3) is 0 Å². The molecule has 1 aromatic heterocycles. The second-order valence-corrected chi connectivity index (χ2v) is 4.66. The number of benzene rings is 2. The lowest BCUT2D eigenvalue weighted by atomic mass is 10.0. The topological polar surface area (TPSA) is 83.9 Å². The minimum absolute atomic E-state index is 0.147. The van der Waals surface area contributed by atoms with E-state index in [0.29, 0.717) is 11.3 Å². The summed E-state index contributed by atoms with van der Waals surface area (Å²) in [5, 5.41) is 19.8. The summed E-state index contributed by atoms with van der Waals surface area (Å²) in [5.41, 5.74) is 6.99. The van der Waals surface area contributed by atoms with Crippen LogP contribution in [-0.4, -0.2) is 22.1 Å². The zero-order valence-electron chi connectivity index (χ0n) is 11.7. The van der Waals surface area contributed by atoms with Crippen molar-refractivity contribution in [2.75, 3.05) is 0 Å². The smallest absolute Gasteiger partial charge is 0.171 e. The normalized spacial score (nSPS) is 12.1. The number of rotatable bonds is 3. The van der Waals surface area contributed by atoms with Crippen molar-refractivity contribution < 1.29 is 5.11 Å². The average molecular weight is 290 g/mol. The Labute approximate surface area is 127 Å². The number of amidine groups is 1. The van der Waals surface area contributed by atoms with Gasteiger partial charge >= 0.3 is 0 Å². The number of nitrogens with zero attached hydrogens (tertiary/aromatic N) is 3. The minimum Gasteiger partial charge on any atom is -0.507 e. The lowest BCUT2D eigenvalue weighted by Crippen LogP contribution is -2.14. The van der Waals surface area contributed by atoms with Crippen molar-refractivity contribution in [3.8, 4) is 5.75 Å². The summed E-state index contributed by atoms with van der Waals surface area (Å²) in [6.45, 7) is 0. The summed E-state index contributed by atoms with van der Waals surface area (Å²) in [7, 11) is 0. The van der Waals surface area contributed by atoms with Crippen LogP contribution in [0.2, 0.25) is 0 Å². The second kappa shape index (κ2) is 6.05. The molecule has 0 spiro atoms. The molecule has 0 bridgehead atoms. The number of fused-ring (bicyclic) bond motifs is 1. The number of hydrogen-bond acceptors (Lipinski definition) is 4. The summed E-state index contributed by atoms with van der Waals surface area (Å²) in [6.07, 6.45) is 3.13. The molecule has 5 heteroatoms. The van der Waals surface area contributed by atoms with Gasteiger partial charge in [-0.2, -0.15) is 5.10 Å². The monoisotopic (exact) mass is 290 g/mol. The summed E-state index contributed by atoms with van der Waals surface area (Å²) < 4.78 is 0. The van der Waals surface area contributed by atoms with Gasteiger partial charge in [0.1, 0.15) is 11.4 Å². The molecule has 1 heterocycles. The maximum absolute atomic E-state index is 10.0. The number of aromatic nitrogens is 1. The molecule has 3 rings (SSSR count). The molecule has 22 heavy (non-hydrogen) atoms. The third-order valence-corrected chi connectivity index (χ3v) is 3.23. The van der Waals surface area contributed by atoms with E-state index in [0.717, 1.165) is 10.8 Å². The van der Waals surface area contributed by atoms with Crippen LogP contribution in [0.25, 0.3) is 10.8 Å². The van der Waals surface area contributed by atoms with E-state index in [4.69, 9.17) is 5.73 Å². The van der Waals surface area contributed by atoms with E-state index >= 15 is 0 Å². The zero-order valence-corrected chi connectivity index (χ0v) is 11.7. The molecular formula is C17H14N4O. The van der Waals surface area contributed by atoms with Crippen LogP contribution in [0.1, 0.15) is 11.3 Å². The number of hydrogen-bond donors (Lipinski definition) is 2. The van der Waals surface area contributed by atoms with Gasteiger partial charge in [-0.1, -0.05) is 36.4 Å². The Bertz CT molecular complexity index is 857. The third kappa shape index (κ3) is 2.78. The van der Waals surface area contributed by atoms with Crippen molar-refractivity contribution in [3.63, 3.8) is 0 Å². The predicted octanol–water partition coefficient (Wildman–Crippen LogP) is 2.68. The van der Waals surface area contributed by atoms with Gasteiger partial charge in [-0.05, 0) is 29.0 Å². The largest absolute Gasteiger partial charge is 0.507 e. The van der Waals surface area contributed by atoms with Crippen LogP contribution in [0.3, 0.4) is 0 Å². The Morgan fingerprint density at radius 1 is 1.05 bits per heavy atom. The van der Waals surface area contributed by atoms with Gasteiger partial charge in [0.15, 0.2) is 5.84 Å². The predicted molar refractivity (Wildman–Crippen MR) is 88.2 cm³/mol. The first kappa shape index (κ1) is 13.8. The molecule has 3 N–H and O–H groups in total. The lowest BCUT2D eigenvalue weighted by molar-refractivity contribution is 0.475. The molecule has 0 saturated carbocycles. The fourth-order valence-corrected chi connectivity index (χ4v) is 2.13. The van der Waals surface area contributed by atoms with Gasteiger partial charge in [-0.3, -0.25) is 4.98 Å². The third-order valence-electron chi connectivity index (χ3n) is 3.23. The Kier molecular flexibility index (Phi) is 3.78. The number of phenolic OH excluding ortho intramolecular Hbond substituents is 1. The highest BCUT2D eigenvalue weighted by atomic mass is 16.3. The lowest BCUT2D eigenvalue weighted by Gasteiger charge is -2.03. The maximum Gasteiger partial charge on any atom is 0.171 e. The molecule has 0 unspecified atom stereocenters. The Hall–Kier alpha value is -3.21. The van der Waals surface area contributed by atoms with Gasteiger partial charge in [0.05, 0.1) is 6.21 Å². The molecule has 3 aromatic rings. The van der Waals surface area contributed by atoms with Crippen LogP contribution >= 0.6 is 0 Å². The van der Waals surface area contributed by atoms with Crippen LogP contribution in [-0.2, 0) is 0 Å². The summed E-state index contributed by atoms with van der Waals surface area (Å²) in [4.78, 5) is 4.09. The number of nitrogens with two attached hydrogens (primary N) is 1. The van der Waals surface area contributed by atoms with Gasteiger partial charge < -0.3 is 10.8 Å². The first-order valence-electron chi connectivity index (χ1n) is 6.74. The fraction of sp³-hybridized carbons (Fsp3) is 0. The molecule has 0 aliphatic heterocycles. The molecular weight excluding hydrogens is 276 g/mol. The zero-order chi connectivity index (χ0) is 15.4. The van der Waals surface area contributed by atoms with Crippen molar-refractivity contribution >= 4 is 22.8 Å². The van der Waals surface area contributed by atoms with Crippen LogP contribution in [0.15, 0.2) is 71.0 Å². The van der Waals surface area contributed by atoms with Crippen LogP contribution in [0.5, 0.6) is 5.75 Å². The summed E-state index contributed by atoms with van der Waals surface area (Å²) >= 11 is 0. The van der Waals surface area contributed by atoms with Gasteiger partial charge in [-0.25, -0.2) is 0 Å². The van der Waals surface area contributed by atoms with E-state index in [-0.39, 0.29) is 11.6 Å². The highest BCUT2D eigenvalue weighted by molar-refractivity contribution is 6.02. The number of pyridine rings is 1. The van der Waals surface area contributed by atoms with Gasteiger partial charge in [0, 0.05) is 11.8 Å². The average Bonchev–Trinajstić information content (AvgIpc) is 2.57. The maximum atomic E-state index is 10.0. The van der Waals surface area contributed by atoms with Crippen molar-refractivity contribution in [2.24, 2.45) is 15.9 Å². The molecule has 0 fully saturated rings. The first-order valence-corrected chi connectivity index (χ1v) is 6.74. The number of phenols is 1. The minimum atomic E-state index is 0.147. The molecule has 0 amide bonds. The summed E-state index contributed by atoms with van der Waals surface area (Å²) in [6, 6.07) is 16.6. The first-order chi connectivity index (χ1) is 10.8. The Morgan fingerprint density at radius 2 is 1.86 bits per heavy atom. The molecule has 5 nitrogen and oxygen atoms in total. The van der Waals surface area contributed by atoms with E-state index in [1.54, 1.807) is 24.4 Å². The van der Waals surface area contributed by atoms with Crippen molar-refractivity contribution in [1.29, 1.82) is 0 Å². The van der Waals surface area contributed by atoms with E-state index in [1.165, 1.54) is 6.21 Å². The second-order valence-electron chi connectivity index (χ2n) is 4.66. The van der Waals surface area contributed by atoms with Crippen molar-refractivity contribution in [1.82, 2.24) is 4.98 Å². The van der Waals surface area contributed by atoms with E-state index in [2.05, 4.69) is 15.2 Å². The van der Waals surface area contributed by atoms with Crippen LogP contribution in [0, 0.1) is 0 Å². The van der Waals surface area contributed by atoms with Crippen LogP contribution < -0.4 is 5.73 Å². The van der Waals surface area contributed by atoms with E-state index in [1.807, 2.05) is 36.4 Å². The fourth-order valence-electron chi connectivity index (χ4n) is 2.13. The van der Waals surface area contributed by atoms with Gasteiger partial charge in [-0.15, -0.1) is 5.10 Å².